The zero-order valence-electron chi connectivity index (χ0n) is 13.6. The fourth-order valence-corrected chi connectivity index (χ4v) is 4.51. The third kappa shape index (κ3) is 2.01. The summed E-state index contributed by atoms with van der Waals surface area (Å²) in [4.78, 5) is 25.2. The second-order valence-corrected chi connectivity index (χ2v) is 7.05. The number of amides is 2. The van der Waals surface area contributed by atoms with E-state index in [1.165, 1.54) is 5.56 Å². The minimum Gasteiger partial charge on any atom is -0.272 e. The molecule has 0 unspecified atom stereocenters. The zero-order valence-corrected chi connectivity index (χ0v) is 13.6. The second kappa shape index (κ2) is 4.88. The van der Waals surface area contributed by atoms with E-state index in [2.05, 4.69) is 36.3 Å². The van der Waals surface area contributed by atoms with Crippen molar-refractivity contribution in [1.29, 1.82) is 0 Å². The molecule has 4 atom stereocenters. The maximum atomic E-state index is 12.6. The SMILES string of the molecule is Cc1cc(C)c(C=NN2C(=O)[C@@H]3[C@H](C2=O)[C@H]2C=C[C@H]3C2)c(C)c1. The van der Waals surface area contributed by atoms with E-state index >= 15 is 0 Å². The van der Waals surface area contributed by atoms with Crippen LogP contribution in [-0.2, 0) is 9.59 Å². The van der Waals surface area contributed by atoms with Gasteiger partial charge in [0.1, 0.15) is 0 Å². The molecule has 0 aromatic heterocycles. The Morgan fingerprint density at radius 2 is 1.52 bits per heavy atom. The molecule has 4 nitrogen and oxygen atoms in total. The smallest absolute Gasteiger partial charge is 0.254 e. The van der Waals surface area contributed by atoms with Crippen LogP contribution in [0.4, 0.5) is 0 Å². The lowest BCUT2D eigenvalue weighted by atomic mass is 9.85. The van der Waals surface area contributed by atoms with Gasteiger partial charge in [-0.2, -0.15) is 10.1 Å². The van der Waals surface area contributed by atoms with E-state index in [1.807, 2.05) is 13.8 Å². The van der Waals surface area contributed by atoms with Crippen LogP contribution in [0.25, 0.3) is 0 Å². The van der Waals surface area contributed by atoms with Gasteiger partial charge in [0.25, 0.3) is 11.8 Å². The maximum Gasteiger partial charge on any atom is 0.254 e. The predicted molar refractivity (Wildman–Crippen MR) is 87.8 cm³/mol. The molecular formula is C19H20N2O2. The van der Waals surface area contributed by atoms with E-state index in [0.29, 0.717) is 0 Å². The average Bonchev–Trinajstić information content (AvgIpc) is 3.14. The van der Waals surface area contributed by atoms with Crippen LogP contribution < -0.4 is 0 Å². The molecular weight excluding hydrogens is 288 g/mol. The van der Waals surface area contributed by atoms with Crippen LogP contribution in [0.15, 0.2) is 29.4 Å². The van der Waals surface area contributed by atoms with Gasteiger partial charge in [0, 0.05) is 5.56 Å². The quantitative estimate of drug-likeness (QED) is 0.479. The van der Waals surface area contributed by atoms with Gasteiger partial charge >= 0.3 is 0 Å². The highest BCUT2D eigenvalue weighted by Crippen LogP contribution is 2.52. The lowest BCUT2D eigenvalue weighted by Gasteiger charge is -2.13. The zero-order chi connectivity index (χ0) is 16.3. The Hall–Kier alpha value is -2.23. The average molecular weight is 308 g/mol. The van der Waals surface area contributed by atoms with Crippen molar-refractivity contribution in [3.05, 3.63) is 46.5 Å². The van der Waals surface area contributed by atoms with Crippen molar-refractivity contribution in [1.82, 2.24) is 5.01 Å². The number of hydrazone groups is 1. The summed E-state index contributed by atoms with van der Waals surface area (Å²) in [5, 5.41) is 5.38. The fraction of sp³-hybridized carbons (Fsp3) is 0.421. The third-order valence-corrected chi connectivity index (χ3v) is 5.49. The van der Waals surface area contributed by atoms with Crippen LogP contribution in [0.2, 0.25) is 0 Å². The molecule has 1 aromatic carbocycles. The number of rotatable bonds is 2. The second-order valence-electron chi connectivity index (χ2n) is 7.05. The summed E-state index contributed by atoms with van der Waals surface area (Å²) < 4.78 is 0. The topological polar surface area (TPSA) is 49.7 Å². The molecule has 1 aromatic rings. The monoisotopic (exact) mass is 308 g/mol. The molecule has 0 spiro atoms. The summed E-state index contributed by atoms with van der Waals surface area (Å²) in [6.07, 6.45) is 6.80. The molecule has 23 heavy (non-hydrogen) atoms. The molecule has 4 heteroatoms. The summed E-state index contributed by atoms with van der Waals surface area (Å²) >= 11 is 0. The number of imide groups is 1. The van der Waals surface area contributed by atoms with E-state index in [4.69, 9.17) is 0 Å². The summed E-state index contributed by atoms with van der Waals surface area (Å²) in [7, 11) is 0. The van der Waals surface area contributed by atoms with E-state index in [9.17, 15) is 9.59 Å². The number of fused-ring (bicyclic) bond motifs is 5. The first-order chi connectivity index (χ1) is 11.0. The predicted octanol–water partition coefficient (Wildman–Crippen LogP) is 2.75. The van der Waals surface area contributed by atoms with Gasteiger partial charge in [0.2, 0.25) is 0 Å². The minimum absolute atomic E-state index is 0.129. The Kier molecular flexibility index (Phi) is 3.05. The van der Waals surface area contributed by atoms with Gasteiger partial charge in [-0.3, -0.25) is 9.59 Å². The molecule has 2 aliphatic carbocycles. The highest BCUT2D eigenvalue weighted by Gasteiger charge is 2.59. The lowest BCUT2D eigenvalue weighted by molar-refractivity contribution is -0.140. The number of hydrogen-bond donors (Lipinski definition) is 0. The first-order valence-electron chi connectivity index (χ1n) is 8.15. The van der Waals surface area contributed by atoms with Gasteiger partial charge < -0.3 is 0 Å². The summed E-state index contributed by atoms with van der Waals surface area (Å²) in [5.41, 5.74) is 4.39. The van der Waals surface area contributed by atoms with Crippen molar-refractivity contribution in [3.63, 3.8) is 0 Å². The first-order valence-corrected chi connectivity index (χ1v) is 8.15. The molecule has 118 valence electrons. The highest BCUT2D eigenvalue weighted by atomic mass is 16.2. The lowest BCUT2D eigenvalue weighted by Crippen LogP contribution is -2.28. The van der Waals surface area contributed by atoms with E-state index in [0.717, 1.165) is 28.1 Å². The maximum absolute atomic E-state index is 12.6. The summed E-state index contributed by atoms with van der Waals surface area (Å²) in [5.74, 6) is -0.176. The van der Waals surface area contributed by atoms with E-state index in [-0.39, 0.29) is 35.5 Å². The van der Waals surface area contributed by atoms with Crippen LogP contribution in [0.5, 0.6) is 0 Å². The van der Waals surface area contributed by atoms with Crippen molar-refractivity contribution in [2.75, 3.05) is 0 Å². The highest BCUT2D eigenvalue weighted by molar-refractivity contribution is 6.06. The van der Waals surface area contributed by atoms with Crippen molar-refractivity contribution >= 4 is 18.0 Å². The number of allylic oxidation sites excluding steroid dienone is 2. The molecule has 3 aliphatic rings. The van der Waals surface area contributed by atoms with Gasteiger partial charge in [0.15, 0.2) is 0 Å². The Morgan fingerprint density at radius 3 is 2.04 bits per heavy atom. The number of nitrogens with zero attached hydrogens (tertiary/aromatic N) is 2. The van der Waals surface area contributed by atoms with E-state index < -0.39 is 0 Å². The third-order valence-electron chi connectivity index (χ3n) is 5.49. The standard InChI is InChI=1S/C19H20N2O2/c1-10-6-11(2)15(12(3)7-10)9-20-21-18(22)16-13-4-5-14(8-13)17(16)19(21)23/h4-7,9,13-14,16-17H,8H2,1-3H3/t13-,14-,16-,17+/m0/s1. The number of carbonyl (C=O) groups is 2. The minimum atomic E-state index is -0.185. The van der Waals surface area contributed by atoms with Crippen molar-refractivity contribution in [2.45, 2.75) is 27.2 Å². The van der Waals surface area contributed by atoms with Crippen LogP contribution in [-0.4, -0.2) is 23.0 Å². The normalized spacial score (nSPS) is 31.7. The molecule has 4 rings (SSSR count). The van der Waals surface area contributed by atoms with Gasteiger partial charge in [-0.05, 0) is 50.2 Å². The van der Waals surface area contributed by atoms with Gasteiger partial charge in [-0.1, -0.05) is 29.8 Å². The van der Waals surface area contributed by atoms with E-state index in [1.54, 1.807) is 6.21 Å². The molecule has 0 N–H and O–H groups in total. The largest absolute Gasteiger partial charge is 0.272 e. The number of carbonyl (C=O) groups excluding carboxylic acids is 2. The molecule has 1 saturated heterocycles. The molecule has 2 bridgehead atoms. The van der Waals surface area contributed by atoms with Gasteiger partial charge in [-0.25, -0.2) is 0 Å². The molecule has 2 fully saturated rings. The van der Waals surface area contributed by atoms with Gasteiger partial charge in [0.05, 0.1) is 18.1 Å². The molecule has 1 saturated carbocycles. The van der Waals surface area contributed by atoms with Crippen molar-refractivity contribution in [3.8, 4) is 0 Å². The molecule has 1 heterocycles. The summed E-state index contributed by atoms with van der Waals surface area (Å²) in [6, 6.07) is 4.17. The molecule has 0 radical (unpaired) electrons. The number of benzene rings is 1. The van der Waals surface area contributed by atoms with Crippen molar-refractivity contribution < 1.29 is 9.59 Å². The Bertz CT molecular complexity index is 725. The van der Waals surface area contributed by atoms with Gasteiger partial charge in [-0.15, -0.1) is 0 Å². The Labute approximate surface area is 135 Å². The Morgan fingerprint density at radius 1 is 1.00 bits per heavy atom. The van der Waals surface area contributed by atoms with Crippen LogP contribution >= 0.6 is 0 Å². The summed E-state index contributed by atoms with van der Waals surface area (Å²) in [6.45, 7) is 6.10. The molecule has 2 amide bonds. The fourth-order valence-electron chi connectivity index (χ4n) is 4.51. The van der Waals surface area contributed by atoms with Crippen molar-refractivity contribution in [2.24, 2.45) is 28.8 Å². The van der Waals surface area contributed by atoms with Crippen LogP contribution in [0.1, 0.15) is 28.7 Å². The molecule has 1 aliphatic heterocycles. The van der Waals surface area contributed by atoms with Crippen LogP contribution in [0.3, 0.4) is 0 Å². The number of hydrogen-bond acceptors (Lipinski definition) is 3. The Balaban J connectivity index is 1.63. The number of aryl methyl sites for hydroxylation is 3. The first kappa shape index (κ1) is 14.4. The van der Waals surface area contributed by atoms with Crippen LogP contribution in [0, 0.1) is 44.4 Å².